The van der Waals surface area contributed by atoms with Crippen LogP contribution in [-0.4, -0.2) is 75.2 Å². The van der Waals surface area contributed by atoms with Crippen molar-refractivity contribution in [3.05, 3.63) is 35.9 Å². The van der Waals surface area contributed by atoms with Gasteiger partial charge in [-0.1, -0.05) is 49.6 Å². The van der Waals surface area contributed by atoms with Gasteiger partial charge in [0.05, 0.1) is 6.04 Å². The Kier molecular flexibility index (Phi) is 9.06. The summed E-state index contributed by atoms with van der Waals surface area (Å²) in [4.78, 5) is 47.2. The first kappa shape index (κ1) is 31.4. The normalized spacial score (nSPS) is 30.5. The number of urea groups is 1. The lowest BCUT2D eigenvalue weighted by Crippen LogP contribution is -2.61. The first-order chi connectivity index (χ1) is 21.1. The number of hydrogen-bond acceptors (Lipinski definition) is 4. The van der Waals surface area contributed by atoms with Gasteiger partial charge >= 0.3 is 6.03 Å². The highest BCUT2D eigenvalue weighted by atomic mass is 19.3. The van der Waals surface area contributed by atoms with E-state index in [0.717, 1.165) is 37.8 Å². The van der Waals surface area contributed by atoms with Crippen LogP contribution in [0.15, 0.2) is 30.3 Å². The van der Waals surface area contributed by atoms with E-state index in [2.05, 4.69) is 10.2 Å². The average molecular weight is 613 g/mol. The van der Waals surface area contributed by atoms with Crippen molar-refractivity contribution in [3.63, 3.8) is 0 Å². The van der Waals surface area contributed by atoms with Gasteiger partial charge in [-0.15, -0.1) is 0 Å². The summed E-state index contributed by atoms with van der Waals surface area (Å²) in [5, 5.41) is 3.23. The molecule has 7 nitrogen and oxygen atoms in total. The number of nitrogens with one attached hydrogen (secondary N) is 1. The number of benzene rings is 1. The van der Waals surface area contributed by atoms with Gasteiger partial charge in [0.1, 0.15) is 5.54 Å². The first-order valence-electron chi connectivity index (χ1n) is 17.2. The van der Waals surface area contributed by atoms with Crippen LogP contribution >= 0.6 is 0 Å². The van der Waals surface area contributed by atoms with Crippen molar-refractivity contribution < 1.29 is 23.2 Å². The van der Waals surface area contributed by atoms with Crippen molar-refractivity contribution in [1.29, 1.82) is 0 Å². The molecule has 6 rings (SSSR count). The van der Waals surface area contributed by atoms with Gasteiger partial charge < -0.3 is 10.2 Å². The largest absolute Gasteiger partial charge is 0.349 e. The van der Waals surface area contributed by atoms with Crippen molar-refractivity contribution >= 4 is 17.8 Å². The number of carbonyl (C=O) groups excluding carboxylic acids is 3. The van der Waals surface area contributed by atoms with Gasteiger partial charge in [-0.25, -0.2) is 13.6 Å². The molecule has 44 heavy (non-hydrogen) atoms. The predicted octanol–water partition coefficient (Wildman–Crippen LogP) is 6.68. The molecule has 3 aliphatic heterocycles. The Morgan fingerprint density at radius 2 is 1.57 bits per heavy atom. The molecule has 5 fully saturated rings. The van der Waals surface area contributed by atoms with Crippen LogP contribution in [0.1, 0.15) is 115 Å². The van der Waals surface area contributed by atoms with Crippen LogP contribution < -0.4 is 5.32 Å². The van der Waals surface area contributed by atoms with E-state index in [1.54, 1.807) is 0 Å². The molecule has 242 valence electrons. The third kappa shape index (κ3) is 6.14. The molecular formula is C35H50F2N4O3. The van der Waals surface area contributed by atoms with E-state index in [4.69, 9.17) is 0 Å². The zero-order valence-corrected chi connectivity index (χ0v) is 26.5. The summed E-state index contributed by atoms with van der Waals surface area (Å²) in [6.45, 7) is 5.33. The Labute approximate surface area is 261 Å². The Bertz CT molecular complexity index is 1180. The predicted molar refractivity (Wildman–Crippen MR) is 165 cm³/mol. The first-order valence-corrected chi connectivity index (χ1v) is 17.2. The van der Waals surface area contributed by atoms with E-state index in [-0.39, 0.29) is 73.6 Å². The molecule has 2 aliphatic carbocycles. The second kappa shape index (κ2) is 12.7. The minimum Gasteiger partial charge on any atom is -0.349 e. The number of amides is 4. The second-order valence-corrected chi connectivity index (χ2v) is 14.6. The topological polar surface area (TPSA) is 73.0 Å². The number of carbonyl (C=O) groups is 3. The van der Waals surface area contributed by atoms with E-state index in [9.17, 15) is 23.2 Å². The summed E-state index contributed by atoms with van der Waals surface area (Å²) in [7, 11) is 0. The maximum absolute atomic E-state index is 14.1. The van der Waals surface area contributed by atoms with Crippen LogP contribution in [0.25, 0.3) is 0 Å². The fraction of sp³-hybridized carbons (Fsp3) is 0.743. The molecule has 3 saturated heterocycles. The van der Waals surface area contributed by atoms with Gasteiger partial charge in [0, 0.05) is 50.0 Å². The molecule has 1 spiro atoms. The fourth-order valence-corrected chi connectivity index (χ4v) is 9.03. The molecule has 3 atom stereocenters. The van der Waals surface area contributed by atoms with Crippen molar-refractivity contribution in [1.82, 2.24) is 20.0 Å². The molecule has 1 N–H and O–H groups in total. The Balaban J connectivity index is 1.16. The molecule has 2 saturated carbocycles. The minimum absolute atomic E-state index is 0.00246. The Morgan fingerprint density at radius 1 is 0.932 bits per heavy atom. The third-order valence-corrected chi connectivity index (χ3v) is 11.5. The molecule has 1 aromatic rings. The lowest BCUT2D eigenvalue weighted by Gasteiger charge is -2.48. The monoisotopic (exact) mass is 612 g/mol. The van der Waals surface area contributed by atoms with Crippen molar-refractivity contribution in [2.24, 2.45) is 11.8 Å². The van der Waals surface area contributed by atoms with E-state index < -0.39 is 11.5 Å². The van der Waals surface area contributed by atoms with Crippen LogP contribution in [0.4, 0.5) is 13.6 Å². The fourth-order valence-electron chi connectivity index (χ4n) is 9.03. The molecule has 1 aromatic carbocycles. The van der Waals surface area contributed by atoms with E-state index >= 15 is 0 Å². The van der Waals surface area contributed by atoms with Crippen LogP contribution in [0.5, 0.6) is 0 Å². The number of halogens is 2. The van der Waals surface area contributed by atoms with Crippen molar-refractivity contribution in [3.8, 4) is 0 Å². The minimum atomic E-state index is -2.66. The maximum Gasteiger partial charge on any atom is 0.327 e. The molecule has 2 bridgehead atoms. The van der Waals surface area contributed by atoms with E-state index in [1.165, 1.54) is 24.2 Å². The molecule has 4 amide bonds. The lowest BCUT2D eigenvalue weighted by molar-refractivity contribution is -0.138. The zero-order valence-electron chi connectivity index (χ0n) is 26.5. The number of rotatable bonds is 9. The SMILES string of the molecule is CC(C)N1C(=O)N(CC2CCCCC2)C2(CC3CCC(C2)N3CC[C@H](NC(=O)C2CCC(F)(F)CC2)c2ccccc2)C1=O. The van der Waals surface area contributed by atoms with Crippen LogP contribution in [0.3, 0.4) is 0 Å². The number of hydrogen-bond donors (Lipinski definition) is 1. The number of alkyl halides is 2. The van der Waals surface area contributed by atoms with Crippen LogP contribution in [0.2, 0.25) is 0 Å². The average Bonchev–Trinajstić information content (AvgIpc) is 3.36. The lowest BCUT2D eigenvalue weighted by atomic mass is 9.79. The van der Waals surface area contributed by atoms with E-state index in [0.29, 0.717) is 31.7 Å². The Hall–Kier alpha value is -2.55. The molecule has 5 aliphatic rings. The number of imide groups is 1. The third-order valence-electron chi connectivity index (χ3n) is 11.5. The number of nitrogens with zero attached hydrogens (tertiary/aromatic N) is 3. The number of fused-ring (bicyclic) bond motifs is 2. The molecule has 0 radical (unpaired) electrons. The van der Waals surface area contributed by atoms with Crippen LogP contribution in [-0.2, 0) is 9.59 Å². The van der Waals surface area contributed by atoms with Gasteiger partial charge in [0.15, 0.2) is 0 Å². The summed E-state index contributed by atoms with van der Waals surface area (Å²) in [6, 6.07) is 9.87. The van der Waals surface area contributed by atoms with Crippen molar-refractivity contribution in [2.45, 2.75) is 139 Å². The summed E-state index contributed by atoms with van der Waals surface area (Å²) >= 11 is 0. The summed E-state index contributed by atoms with van der Waals surface area (Å²) in [5.41, 5.74) is 0.266. The summed E-state index contributed by atoms with van der Waals surface area (Å²) in [6.07, 6.45) is 9.95. The molecule has 0 aromatic heterocycles. The highest BCUT2D eigenvalue weighted by Gasteiger charge is 2.63. The molecule has 2 unspecified atom stereocenters. The second-order valence-electron chi connectivity index (χ2n) is 14.6. The molecule has 9 heteroatoms. The highest BCUT2D eigenvalue weighted by molar-refractivity contribution is 6.07. The van der Waals surface area contributed by atoms with Crippen LogP contribution in [0, 0.1) is 11.8 Å². The highest BCUT2D eigenvalue weighted by Crippen LogP contribution is 2.49. The number of piperidine rings is 1. The van der Waals surface area contributed by atoms with Gasteiger partial charge in [-0.2, -0.15) is 0 Å². The zero-order chi connectivity index (χ0) is 31.1. The quantitative estimate of drug-likeness (QED) is 0.316. The standard InChI is InChI=1S/C35H50F2N4O3/c1-24(2)41-32(43)34(40(33(41)44)23-25-9-5-3-6-10-25)21-28-13-14-29(22-34)39(28)20-17-30(26-11-7-4-8-12-26)38-31(42)27-15-18-35(36,37)19-16-27/h4,7-8,11-12,24-25,27-30H,3,5-6,9-10,13-23H2,1-2H3,(H,38,42)/t28?,29?,30-,34?/m0/s1. The van der Waals surface area contributed by atoms with Gasteiger partial charge in [-0.05, 0) is 83.1 Å². The smallest absolute Gasteiger partial charge is 0.327 e. The Morgan fingerprint density at radius 3 is 2.18 bits per heavy atom. The van der Waals surface area contributed by atoms with E-state index in [1.807, 2.05) is 49.1 Å². The molecule has 3 heterocycles. The summed E-state index contributed by atoms with van der Waals surface area (Å²) < 4.78 is 27.5. The molecular weight excluding hydrogens is 562 g/mol. The van der Waals surface area contributed by atoms with Gasteiger partial charge in [-0.3, -0.25) is 19.4 Å². The van der Waals surface area contributed by atoms with Gasteiger partial charge in [0.2, 0.25) is 11.8 Å². The summed E-state index contributed by atoms with van der Waals surface area (Å²) in [5.74, 6) is -2.71. The van der Waals surface area contributed by atoms with Crippen molar-refractivity contribution in [2.75, 3.05) is 13.1 Å². The maximum atomic E-state index is 14.1. The van der Waals surface area contributed by atoms with Gasteiger partial charge in [0.25, 0.3) is 5.91 Å².